The number of hydrogen-bond acceptors (Lipinski definition) is 10. The number of thioether (sulfide) groups is 1. The topological polar surface area (TPSA) is 122 Å². The molecule has 3 aromatic carbocycles. The number of phenolic OH excluding ortho intramolecular Hbond substituents is 1. The summed E-state index contributed by atoms with van der Waals surface area (Å²) in [6.45, 7) is 1.95. The predicted octanol–water partition coefficient (Wildman–Crippen LogP) is 6.91. The normalized spacial score (nSPS) is 19.0. The minimum Gasteiger partial charge on any atom is -0.507 e. The average Bonchev–Trinajstić information content (AvgIpc) is 3.68. The van der Waals surface area contributed by atoms with Crippen LogP contribution >= 0.6 is 50.6 Å². The average molecular weight is 701 g/mol. The van der Waals surface area contributed by atoms with E-state index in [1.165, 1.54) is 29.8 Å². The number of ether oxygens (including phenoxy) is 2. The molecule has 2 N–H and O–H groups in total. The number of hydrogen-bond donors (Lipinski definition) is 2. The van der Waals surface area contributed by atoms with Crippen molar-refractivity contribution in [2.45, 2.75) is 35.6 Å². The van der Waals surface area contributed by atoms with E-state index >= 15 is 0 Å². The summed E-state index contributed by atoms with van der Waals surface area (Å²) in [7, 11) is 1.39. The molecule has 1 aromatic heterocycles. The smallest absolute Gasteiger partial charge is 0.301 e. The summed E-state index contributed by atoms with van der Waals surface area (Å²) < 4.78 is 12.0. The molecule has 1 saturated heterocycles. The van der Waals surface area contributed by atoms with E-state index in [0.29, 0.717) is 38.4 Å². The van der Waals surface area contributed by atoms with Crippen LogP contribution in [0.15, 0.2) is 69.0 Å². The third-order valence-corrected chi connectivity index (χ3v) is 10.2. The maximum absolute atomic E-state index is 13.6. The van der Waals surface area contributed by atoms with Gasteiger partial charge in [0.25, 0.3) is 5.78 Å². The zero-order chi connectivity index (χ0) is 30.4. The minimum atomic E-state index is -1.09. The van der Waals surface area contributed by atoms with Crippen LogP contribution in [0.25, 0.3) is 5.76 Å². The number of aliphatic hydroxyl groups excluding tert-OH is 1. The molecule has 1 fully saturated rings. The van der Waals surface area contributed by atoms with Gasteiger partial charge in [-0.05, 0) is 75.9 Å². The van der Waals surface area contributed by atoms with Crippen molar-refractivity contribution < 1.29 is 29.3 Å². The third kappa shape index (κ3) is 5.48. The van der Waals surface area contributed by atoms with Gasteiger partial charge in [0.1, 0.15) is 17.6 Å². The first-order valence-corrected chi connectivity index (χ1v) is 16.0. The van der Waals surface area contributed by atoms with Gasteiger partial charge in [0.2, 0.25) is 5.13 Å². The van der Waals surface area contributed by atoms with Crippen molar-refractivity contribution in [2.75, 3.05) is 12.0 Å². The van der Waals surface area contributed by atoms with E-state index in [2.05, 4.69) is 26.1 Å². The number of carbonyl (C=O) groups is 2. The molecule has 0 bridgehead atoms. The lowest BCUT2D eigenvalue weighted by molar-refractivity contribution is -0.132. The number of aromatic hydroxyl groups is 1. The Morgan fingerprint density at radius 2 is 2.00 bits per heavy atom. The fourth-order valence-electron chi connectivity index (χ4n) is 5.09. The van der Waals surface area contributed by atoms with Crippen molar-refractivity contribution in [1.82, 2.24) is 10.2 Å². The number of Topliss-reactive ketones (excluding diaryl/α,β-unsaturated/α-hetero) is 1. The Morgan fingerprint density at radius 3 is 2.77 bits per heavy atom. The van der Waals surface area contributed by atoms with Crippen molar-refractivity contribution in [1.29, 1.82) is 0 Å². The number of halogens is 2. The van der Waals surface area contributed by atoms with Crippen LogP contribution in [0.5, 0.6) is 17.2 Å². The maximum Gasteiger partial charge on any atom is 0.301 e. The first-order valence-electron chi connectivity index (χ1n) is 13.0. The Hall–Kier alpha value is -3.58. The van der Waals surface area contributed by atoms with Crippen molar-refractivity contribution in [3.63, 3.8) is 0 Å². The van der Waals surface area contributed by atoms with Crippen molar-refractivity contribution in [2.24, 2.45) is 0 Å². The molecular formula is C30H23BrClN3O6S2. The molecule has 0 aliphatic carbocycles. The van der Waals surface area contributed by atoms with Gasteiger partial charge in [0.15, 0.2) is 15.8 Å². The van der Waals surface area contributed by atoms with E-state index in [1.807, 2.05) is 25.1 Å². The molecule has 0 spiro atoms. The van der Waals surface area contributed by atoms with Gasteiger partial charge in [0, 0.05) is 22.8 Å². The van der Waals surface area contributed by atoms with Crippen LogP contribution < -0.4 is 14.4 Å². The largest absolute Gasteiger partial charge is 0.507 e. The monoisotopic (exact) mass is 699 g/mol. The Labute approximate surface area is 268 Å². The van der Waals surface area contributed by atoms with Crippen LogP contribution in [-0.4, -0.2) is 45.3 Å². The molecular weight excluding hydrogens is 678 g/mol. The van der Waals surface area contributed by atoms with E-state index < -0.39 is 17.7 Å². The molecule has 4 aromatic rings. The second-order valence-electron chi connectivity index (χ2n) is 9.91. The molecule has 2 aliphatic rings. The Bertz CT molecular complexity index is 1810. The minimum absolute atomic E-state index is 0.0119. The van der Waals surface area contributed by atoms with Crippen LogP contribution in [-0.2, 0) is 21.8 Å². The van der Waals surface area contributed by atoms with Gasteiger partial charge in [0.05, 0.1) is 23.2 Å². The van der Waals surface area contributed by atoms with E-state index in [0.717, 1.165) is 22.5 Å². The summed E-state index contributed by atoms with van der Waals surface area (Å²) in [5.41, 5.74) is 2.46. The summed E-state index contributed by atoms with van der Waals surface area (Å²) in [4.78, 5) is 28.5. The molecule has 0 radical (unpaired) electrons. The van der Waals surface area contributed by atoms with Gasteiger partial charge in [-0.2, -0.15) is 0 Å². The van der Waals surface area contributed by atoms with Crippen LogP contribution in [0.3, 0.4) is 0 Å². The third-order valence-electron chi connectivity index (χ3n) is 7.11. The standard InChI is InChI=1S/C30H23BrClN3O6S2/c1-14-9-17-10-15(7-8-21(17)41-14)25(36)23-24(18-11-19(31)26(37)22(12-18)40-2)35(28(39)27(23)38)29-33-34-30(43-29)42-13-16-5-3-4-6-20(16)32/h3-8,10-12,14,24,36-37H,9,13H2,1-2H3/b25-23+. The Kier molecular flexibility index (Phi) is 8.12. The number of aliphatic hydroxyl groups is 1. The molecule has 1 amide bonds. The van der Waals surface area contributed by atoms with Crippen LogP contribution in [0.4, 0.5) is 5.13 Å². The second-order valence-corrected chi connectivity index (χ2v) is 13.3. The van der Waals surface area contributed by atoms with Gasteiger partial charge < -0.3 is 19.7 Å². The Balaban J connectivity index is 1.44. The first kappa shape index (κ1) is 29.5. The zero-order valence-corrected chi connectivity index (χ0v) is 26.7. The van der Waals surface area contributed by atoms with E-state index in [-0.39, 0.29) is 38.5 Å². The van der Waals surface area contributed by atoms with Gasteiger partial charge in [-0.25, -0.2) is 0 Å². The van der Waals surface area contributed by atoms with Gasteiger partial charge >= 0.3 is 5.91 Å². The molecule has 2 aliphatic heterocycles. The predicted molar refractivity (Wildman–Crippen MR) is 168 cm³/mol. The molecule has 43 heavy (non-hydrogen) atoms. The highest BCUT2D eigenvalue weighted by Gasteiger charge is 2.49. The number of methoxy groups -OCH3 is 1. The fraction of sp³-hybridized carbons (Fsp3) is 0.200. The summed E-state index contributed by atoms with van der Waals surface area (Å²) >= 11 is 12.2. The van der Waals surface area contributed by atoms with E-state index in [1.54, 1.807) is 30.3 Å². The molecule has 220 valence electrons. The lowest BCUT2D eigenvalue weighted by Crippen LogP contribution is -2.29. The maximum atomic E-state index is 13.6. The lowest BCUT2D eigenvalue weighted by atomic mass is 9.94. The second kappa shape index (κ2) is 11.8. The number of fused-ring (bicyclic) bond motifs is 1. The summed E-state index contributed by atoms with van der Waals surface area (Å²) in [5, 5.41) is 31.4. The number of phenols is 1. The highest BCUT2D eigenvalue weighted by atomic mass is 79.9. The van der Waals surface area contributed by atoms with Crippen molar-refractivity contribution in [3.05, 3.63) is 91.9 Å². The van der Waals surface area contributed by atoms with Crippen molar-refractivity contribution in [3.8, 4) is 17.2 Å². The molecule has 13 heteroatoms. The SMILES string of the molecule is COc1cc(C2/C(=C(\O)c3ccc4c(c3)CC(C)O4)C(=O)C(=O)N2c2nnc(SCc3ccccc3Cl)s2)cc(Br)c1O. The van der Waals surface area contributed by atoms with Crippen molar-refractivity contribution >= 4 is 73.2 Å². The summed E-state index contributed by atoms with van der Waals surface area (Å²) in [5.74, 6) is -0.878. The highest BCUT2D eigenvalue weighted by Crippen LogP contribution is 2.47. The Morgan fingerprint density at radius 1 is 1.21 bits per heavy atom. The quantitative estimate of drug-likeness (QED) is 0.0697. The number of aromatic nitrogens is 2. The van der Waals surface area contributed by atoms with Crippen LogP contribution in [0, 0.1) is 0 Å². The number of nitrogens with zero attached hydrogens (tertiary/aromatic N) is 3. The number of amides is 1. The number of carbonyl (C=O) groups excluding carboxylic acids is 2. The molecule has 2 unspecified atom stereocenters. The molecule has 6 rings (SSSR count). The number of rotatable bonds is 7. The summed E-state index contributed by atoms with van der Waals surface area (Å²) in [6.07, 6.45) is 0.637. The zero-order valence-electron chi connectivity index (χ0n) is 22.7. The summed E-state index contributed by atoms with van der Waals surface area (Å²) in [6, 6.07) is 14.6. The number of anilines is 1. The van der Waals surface area contributed by atoms with Crippen LogP contribution in [0.1, 0.15) is 35.2 Å². The first-order chi connectivity index (χ1) is 20.7. The van der Waals surface area contributed by atoms with Crippen LogP contribution in [0.2, 0.25) is 5.02 Å². The van der Waals surface area contributed by atoms with Gasteiger partial charge in [-0.1, -0.05) is 52.9 Å². The van der Waals surface area contributed by atoms with E-state index in [9.17, 15) is 19.8 Å². The fourth-order valence-corrected chi connectivity index (χ4v) is 7.70. The van der Waals surface area contributed by atoms with Gasteiger partial charge in [-0.15, -0.1) is 10.2 Å². The van der Waals surface area contributed by atoms with Gasteiger partial charge in [-0.3, -0.25) is 14.5 Å². The van der Waals surface area contributed by atoms with E-state index in [4.69, 9.17) is 21.1 Å². The molecule has 2 atom stereocenters. The highest BCUT2D eigenvalue weighted by molar-refractivity contribution is 9.10. The number of ketones is 1. The molecule has 0 saturated carbocycles. The molecule has 9 nitrogen and oxygen atoms in total. The number of benzene rings is 3. The lowest BCUT2D eigenvalue weighted by Gasteiger charge is -2.23. The molecule has 3 heterocycles.